The lowest BCUT2D eigenvalue weighted by Crippen LogP contribution is -2.40. The highest BCUT2D eigenvalue weighted by molar-refractivity contribution is 14.1. The maximum atomic E-state index is 14.3. The molecule has 1 atom stereocenters. The zero-order chi connectivity index (χ0) is 36.2. The van der Waals surface area contributed by atoms with Gasteiger partial charge in [-0.3, -0.25) is 9.36 Å². The Morgan fingerprint density at radius 1 is 0.980 bits per heavy atom. The highest BCUT2D eigenvalue weighted by Crippen LogP contribution is 2.37. The van der Waals surface area contributed by atoms with E-state index in [1.807, 2.05) is 43.3 Å². The molecule has 0 amide bonds. The molecule has 0 saturated carbocycles. The maximum absolute atomic E-state index is 14.3. The molecule has 6 rings (SSSR count). The van der Waals surface area contributed by atoms with Crippen LogP contribution in [0.3, 0.4) is 0 Å². The fraction of sp³-hybridized carbons (Fsp3) is 0.278. The van der Waals surface area contributed by atoms with Crippen LogP contribution < -0.4 is 38.6 Å². The molecule has 0 spiro atoms. The Morgan fingerprint density at radius 2 is 1.75 bits per heavy atom. The third-order valence-corrected chi connectivity index (χ3v) is 10.4. The van der Waals surface area contributed by atoms with E-state index >= 15 is 0 Å². The summed E-state index contributed by atoms with van der Waals surface area (Å²) in [6.07, 6.45) is 1.81. The zero-order valence-corrected chi connectivity index (χ0v) is 33.1. The number of esters is 2. The molecule has 0 radical (unpaired) electrons. The number of benzene rings is 3. The number of carbonyl (C=O) groups is 2. The van der Waals surface area contributed by atoms with E-state index in [-0.39, 0.29) is 31.1 Å². The van der Waals surface area contributed by atoms with Crippen molar-refractivity contribution in [3.63, 3.8) is 0 Å². The van der Waals surface area contributed by atoms with E-state index in [0.29, 0.717) is 56.8 Å². The van der Waals surface area contributed by atoms with Crippen LogP contribution in [0.2, 0.25) is 0 Å². The van der Waals surface area contributed by atoms with Crippen LogP contribution >= 0.6 is 56.5 Å². The Kier molecular flexibility index (Phi) is 11.6. The van der Waals surface area contributed by atoms with E-state index < -0.39 is 18.0 Å². The molecule has 15 heteroatoms. The molecular formula is C36H32I2N2O10S. The molecule has 1 aromatic heterocycles. The Hall–Kier alpha value is -4.10. The Morgan fingerprint density at radius 3 is 2.47 bits per heavy atom. The molecule has 12 nitrogen and oxygen atoms in total. The summed E-state index contributed by atoms with van der Waals surface area (Å²) >= 11 is 5.68. The number of hydrogen-bond acceptors (Lipinski definition) is 12. The number of aromatic nitrogens is 1. The monoisotopic (exact) mass is 938 g/mol. The van der Waals surface area contributed by atoms with Crippen molar-refractivity contribution in [3.05, 3.63) is 103 Å². The largest absolute Gasteiger partial charge is 0.490 e. The molecule has 3 aromatic carbocycles. The smallest absolute Gasteiger partial charge is 0.343 e. The lowest BCUT2D eigenvalue weighted by Gasteiger charge is -2.25. The van der Waals surface area contributed by atoms with Gasteiger partial charge in [-0.15, -0.1) is 0 Å². The van der Waals surface area contributed by atoms with Crippen molar-refractivity contribution >= 4 is 74.5 Å². The highest BCUT2D eigenvalue weighted by atomic mass is 127. The van der Waals surface area contributed by atoms with E-state index in [9.17, 15) is 14.4 Å². The number of methoxy groups -OCH3 is 1. The maximum Gasteiger partial charge on any atom is 0.343 e. The van der Waals surface area contributed by atoms with Crippen LogP contribution in [0.15, 0.2) is 69.6 Å². The van der Waals surface area contributed by atoms with Gasteiger partial charge in [0.1, 0.15) is 12.4 Å². The van der Waals surface area contributed by atoms with Gasteiger partial charge in [0, 0.05) is 0 Å². The van der Waals surface area contributed by atoms with E-state index in [2.05, 4.69) is 50.2 Å². The first-order chi connectivity index (χ1) is 24.6. The second kappa shape index (κ2) is 16.1. The van der Waals surface area contributed by atoms with Gasteiger partial charge < -0.3 is 33.2 Å². The average Bonchev–Trinajstić information content (AvgIpc) is 3.70. The Balaban J connectivity index is 1.37. The van der Waals surface area contributed by atoms with Gasteiger partial charge >= 0.3 is 11.9 Å². The van der Waals surface area contributed by atoms with Crippen molar-refractivity contribution in [1.82, 2.24) is 4.57 Å². The summed E-state index contributed by atoms with van der Waals surface area (Å²) in [7, 11) is 1.27. The van der Waals surface area contributed by atoms with Gasteiger partial charge in [-0.1, -0.05) is 23.5 Å². The molecule has 0 aliphatic carbocycles. The summed E-state index contributed by atoms with van der Waals surface area (Å²) in [5, 5.41) is 0. The number of hydrogen-bond donors (Lipinski definition) is 0. The average molecular weight is 939 g/mol. The van der Waals surface area contributed by atoms with Gasteiger partial charge in [-0.25, -0.2) is 14.6 Å². The minimum Gasteiger partial charge on any atom is -0.490 e. The van der Waals surface area contributed by atoms with Gasteiger partial charge in [0.15, 0.2) is 34.4 Å². The minimum atomic E-state index is -0.872. The quantitative estimate of drug-likeness (QED) is 0.137. The molecule has 0 unspecified atom stereocenters. The number of nitrogens with zero attached hydrogens (tertiary/aromatic N) is 2. The Bertz CT molecular complexity index is 2210. The van der Waals surface area contributed by atoms with Crippen LogP contribution in [0.5, 0.6) is 28.7 Å². The number of rotatable bonds is 12. The second-order valence-electron chi connectivity index (χ2n) is 11.1. The molecule has 2 aliphatic heterocycles. The topological polar surface area (TPSA) is 133 Å². The molecule has 0 N–H and O–H groups in total. The molecule has 0 bridgehead atoms. The lowest BCUT2D eigenvalue weighted by atomic mass is 9.95. The van der Waals surface area contributed by atoms with Crippen LogP contribution in [0.25, 0.3) is 6.08 Å². The minimum absolute atomic E-state index is 0.144. The third-order valence-electron chi connectivity index (χ3n) is 7.81. The second-order valence-corrected chi connectivity index (χ2v) is 14.4. The van der Waals surface area contributed by atoms with Crippen molar-refractivity contribution in [1.29, 1.82) is 0 Å². The van der Waals surface area contributed by atoms with Crippen LogP contribution in [-0.4, -0.2) is 50.2 Å². The molecule has 3 heterocycles. The number of thiazole rings is 1. The van der Waals surface area contributed by atoms with Crippen LogP contribution in [0.1, 0.15) is 43.5 Å². The molecule has 266 valence electrons. The van der Waals surface area contributed by atoms with E-state index in [0.717, 1.165) is 24.0 Å². The zero-order valence-electron chi connectivity index (χ0n) is 28.0. The molecule has 2 aliphatic rings. The first-order valence-corrected chi connectivity index (χ1v) is 18.8. The molecule has 51 heavy (non-hydrogen) atoms. The van der Waals surface area contributed by atoms with E-state index in [1.165, 1.54) is 23.0 Å². The third kappa shape index (κ3) is 7.89. The van der Waals surface area contributed by atoms with Gasteiger partial charge in [0.25, 0.3) is 5.56 Å². The molecule has 4 aromatic rings. The first-order valence-electron chi connectivity index (χ1n) is 15.8. The standard InChI is InChI=1S/C36H32I2N2O10S/c1-5-45-28-15-22(8-10-25(28)47-17-30(41)44-4)32-31(35(43)46-6-2)19(3)39-36-40(32)34(42)29(51-36)14-21-11-23(37)33(24(38)12-21)48-16-20-7-9-26-27(13-20)50-18-49-26/h7-15,32H,5-6,16-18H2,1-4H3/b29-14-/t32-/m0/s1. The summed E-state index contributed by atoms with van der Waals surface area (Å²) in [6, 6.07) is 13.8. The van der Waals surface area contributed by atoms with Crippen LogP contribution in [0, 0.1) is 7.14 Å². The highest BCUT2D eigenvalue weighted by Gasteiger charge is 2.34. The van der Waals surface area contributed by atoms with Gasteiger partial charge in [-0.05, 0) is 125 Å². The summed E-state index contributed by atoms with van der Waals surface area (Å²) in [4.78, 5) is 44.5. The van der Waals surface area contributed by atoms with Gasteiger partial charge in [0.2, 0.25) is 6.79 Å². The predicted molar refractivity (Wildman–Crippen MR) is 204 cm³/mol. The van der Waals surface area contributed by atoms with Crippen molar-refractivity contribution in [2.24, 2.45) is 4.99 Å². The van der Waals surface area contributed by atoms with E-state index in [4.69, 9.17) is 33.2 Å². The fourth-order valence-corrected chi connectivity index (χ4v) is 8.70. The normalized spacial score (nSPS) is 14.9. The number of allylic oxidation sites excluding steroid dienone is 1. The number of carbonyl (C=O) groups excluding carboxylic acids is 2. The summed E-state index contributed by atoms with van der Waals surface area (Å²) in [5.74, 6) is 1.65. The van der Waals surface area contributed by atoms with Crippen molar-refractivity contribution in [2.75, 3.05) is 33.7 Å². The van der Waals surface area contributed by atoms with E-state index in [1.54, 1.807) is 32.0 Å². The van der Waals surface area contributed by atoms with Crippen LogP contribution in [-0.2, 0) is 25.7 Å². The van der Waals surface area contributed by atoms with Crippen molar-refractivity contribution in [3.8, 4) is 28.7 Å². The van der Waals surface area contributed by atoms with Gasteiger partial charge in [-0.2, -0.15) is 0 Å². The summed E-state index contributed by atoms with van der Waals surface area (Å²) in [6.45, 7) is 5.93. The van der Waals surface area contributed by atoms with Crippen molar-refractivity contribution in [2.45, 2.75) is 33.4 Å². The Labute approximate surface area is 323 Å². The predicted octanol–water partition coefficient (Wildman–Crippen LogP) is 5.27. The molecule has 0 saturated heterocycles. The van der Waals surface area contributed by atoms with Crippen LogP contribution in [0.4, 0.5) is 0 Å². The van der Waals surface area contributed by atoms with Gasteiger partial charge in [0.05, 0.1) is 49.3 Å². The molecular weight excluding hydrogens is 906 g/mol. The van der Waals surface area contributed by atoms with Crippen molar-refractivity contribution < 1.29 is 42.7 Å². The number of ether oxygens (including phenoxy) is 7. The number of halogens is 2. The lowest BCUT2D eigenvalue weighted by molar-refractivity contribution is -0.143. The molecule has 0 fully saturated rings. The first kappa shape index (κ1) is 36.7. The fourth-order valence-electron chi connectivity index (χ4n) is 5.52. The SMILES string of the molecule is CCOC(=O)C1=C(C)N=c2s/c(=C\c3cc(I)c(OCc4ccc5c(c4)OCO5)c(I)c3)c(=O)n2[C@H]1c1ccc(OCC(=O)OC)c(OCC)c1. The summed E-state index contributed by atoms with van der Waals surface area (Å²) < 4.78 is 42.4. The number of fused-ring (bicyclic) bond motifs is 2. The summed E-state index contributed by atoms with van der Waals surface area (Å²) in [5.41, 5.74) is 2.66.